The molecule has 2 N–H and O–H groups in total. The zero-order valence-corrected chi connectivity index (χ0v) is 13.1. The summed E-state index contributed by atoms with van der Waals surface area (Å²) in [5.41, 5.74) is 5.88. The van der Waals surface area contributed by atoms with Crippen molar-refractivity contribution in [1.82, 2.24) is 14.6 Å². The Morgan fingerprint density at radius 1 is 0.957 bits per heavy atom. The maximum atomic E-state index is 3.54. The van der Waals surface area contributed by atoms with Gasteiger partial charge in [-0.2, -0.15) is 0 Å². The molecule has 23 heavy (non-hydrogen) atoms. The smallest absolute Gasteiger partial charge is 0.195 e. The van der Waals surface area contributed by atoms with Crippen molar-refractivity contribution in [2.45, 2.75) is 6.92 Å². The third-order valence-corrected chi connectivity index (χ3v) is 4.69. The number of nitrogens with one attached hydrogen (secondary N) is 2. The maximum absolute atomic E-state index is 3.54. The van der Waals surface area contributed by atoms with Crippen molar-refractivity contribution >= 4 is 32.8 Å². The molecule has 3 heterocycles. The van der Waals surface area contributed by atoms with E-state index in [0.29, 0.717) is 0 Å². The third-order valence-electron chi connectivity index (χ3n) is 4.69. The molecule has 5 rings (SSSR count). The summed E-state index contributed by atoms with van der Waals surface area (Å²) in [6, 6.07) is 15.0. The van der Waals surface area contributed by atoms with E-state index in [2.05, 4.69) is 88.2 Å². The van der Waals surface area contributed by atoms with E-state index in [9.17, 15) is 0 Å². The van der Waals surface area contributed by atoms with Crippen LogP contribution in [0.1, 0.15) is 5.56 Å². The predicted octanol–water partition coefficient (Wildman–Crippen LogP) is 3.73. The molecule has 0 aliphatic rings. The van der Waals surface area contributed by atoms with E-state index in [1.165, 1.54) is 32.9 Å². The topological polar surface area (TPSA) is 40.4 Å². The normalized spacial score (nSPS) is 11.9. The lowest BCUT2D eigenvalue weighted by molar-refractivity contribution is -0.744. The number of aryl methyl sites for hydroxylation is 2. The summed E-state index contributed by atoms with van der Waals surface area (Å²) in [4.78, 5) is 7.02. The van der Waals surface area contributed by atoms with Crippen LogP contribution in [0.15, 0.2) is 54.9 Å². The van der Waals surface area contributed by atoms with Crippen LogP contribution in [0.3, 0.4) is 0 Å². The predicted molar refractivity (Wildman–Crippen MR) is 92.9 cm³/mol. The number of para-hydroxylation sites is 1. The van der Waals surface area contributed by atoms with Crippen LogP contribution in [0.2, 0.25) is 0 Å². The van der Waals surface area contributed by atoms with Gasteiger partial charge in [-0.1, -0.05) is 18.2 Å². The molecule has 0 saturated heterocycles. The van der Waals surface area contributed by atoms with E-state index in [1.807, 2.05) is 0 Å². The minimum atomic E-state index is 1.09. The van der Waals surface area contributed by atoms with E-state index < -0.39 is 0 Å². The fraction of sp³-hybridized carbons (Fsp3) is 0.105. The van der Waals surface area contributed by atoms with Crippen LogP contribution in [0.5, 0.6) is 0 Å². The van der Waals surface area contributed by atoms with Crippen molar-refractivity contribution in [2.75, 3.05) is 0 Å². The zero-order valence-electron chi connectivity index (χ0n) is 13.1. The van der Waals surface area contributed by atoms with E-state index in [4.69, 9.17) is 0 Å². The van der Waals surface area contributed by atoms with Gasteiger partial charge in [0.2, 0.25) is 0 Å². The quantitative estimate of drug-likeness (QED) is 0.443. The van der Waals surface area contributed by atoms with Crippen LogP contribution in [0.25, 0.3) is 38.5 Å². The lowest BCUT2D eigenvalue weighted by atomic mass is 10.1. The standard InChI is InChI=1S/C19H17N4/c1-12-10-14-16(11-17(12)23-9-5-8-22(23)2)21-19-18(14)13-6-3-4-7-15(13)20-19/h3-11,20-21H,1-2H3/q+1. The summed E-state index contributed by atoms with van der Waals surface area (Å²) in [7, 11) is 2.05. The molecule has 0 saturated carbocycles. The summed E-state index contributed by atoms with van der Waals surface area (Å²) >= 11 is 0. The Labute approximate surface area is 132 Å². The summed E-state index contributed by atoms with van der Waals surface area (Å²) < 4.78 is 4.24. The van der Waals surface area contributed by atoms with E-state index >= 15 is 0 Å². The number of rotatable bonds is 1. The minimum Gasteiger partial charge on any atom is -0.341 e. The molecular formula is C19H17N4+. The van der Waals surface area contributed by atoms with Gasteiger partial charge in [-0.15, -0.1) is 9.36 Å². The molecule has 0 unspecified atom stereocenters. The van der Waals surface area contributed by atoms with Crippen LogP contribution < -0.4 is 4.68 Å². The molecule has 0 radical (unpaired) electrons. The van der Waals surface area contributed by atoms with Crippen LogP contribution in [0, 0.1) is 6.92 Å². The highest BCUT2D eigenvalue weighted by Crippen LogP contribution is 2.34. The Morgan fingerprint density at radius 2 is 1.78 bits per heavy atom. The fourth-order valence-corrected chi connectivity index (χ4v) is 3.58. The Bertz CT molecular complexity index is 1190. The number of benzene rings is 2. The van der Waals surface area contributed by atoms with E-state index in [0.717, 1.165) is 11.2 Å². The van der Waals surface area contributed by atoms with E-state index in [-0.39, 0.29) is 0 Å². The summed E-state index contributed by atoms with van der Waals surface area (Å²) in [6.45, 7) is 2.17. The highest BCUT2D eigenvalue weighted by Gasteiger charge is 2.15. The maximum Gasteiger partial charge on any atom is 0.195 e. The number of nitrogens with zero attached hydrogens (tertiary/aromatic N) is 2. The SMILES string of the molecule is Cc1cc2c(cc1-n1ccc[n+]1C)[nH]c1[nH]c3ccccc3c12. The Hall–Kier alpha value is -3.01. The molecule has 0 atom stereocenters. The number of H-pyrrole nitrogens is 2. The monoisotopic (exact) mass is 301 g/mol. The largest absolute Gasteiger partial charge is 0.341 e. The van der Waals surface area contributed by atoms with Crippen LogP contribution in [0.4, 0.5) is 0 Å². The van der Waals surface area contributed by atoms with Gasteiger partial charge >= 0.3 is 0 Å². The van der Waals surface area contributed by atoms with Crippen LogP contribution in [-0.2, 0) is 7.05 Å². The van der Waals surface area contributed by atoms with Gasteiger partial charge in [0.1, 0.15) is 11.3 Å². The van der Waals surface area contributed by atoms with Crippen molar-refractivity contribution in [3.05, 3.63) is 60.4 Å². The first-order chi connectivity index (χ1) is 11.2. The Kier molecular flexibility index (Phi) is 2.32. The van der Waals surface area contributed by atoms with Gasteiger partial charge in [0, 0.05) is 33.3 Å². The average molecular weight is 301 g/mol. The fourth-order valence-electron chi connectivity index (χ4n) is 3.58. The van der Waals surface area contributed by atoms with Gasteiger partial charge < -0.3 is 9.97 Å². The third kappa shape index (κ3) is 1.63. The van der Waals surface area contributed by atoms with Crippen LogP contribution in [-0.4, -0.2) is 14.6 Å². The number of fused-ring (bicyclic) bond motifs is 5. The van der Waals surface area contributed by atoms with Crippen molar-refractivity contribution in [1.29, 1.82) is 0 Å². The molecule has 4 nitrogen and oxygen atoms in total. The minimum absolute atomic E-state index is 1.09. The second kappa shape index (κ2) is 4.26. The first-order valence-electron chi connectivity index (χ1n) is 7.79. The van der Waals surface area contributed by atoms with Crippen molar-refractivity contribution in [3.63, 3.8) is 0 Å². The Balaban J connectivity index is 1.89. The average Bonchev–Trinajstić information content (AvgIpc) is 3.20. The molecule has 0 aliphatic carbocycles. The molecule has 112 valence electrons. The summed E-state index contributed by atoms with van der Waals surface area (Å²) in [6.07, 6.45) is 4.13. The second-order valence-electron chi connectivity index (χ2n) is 6.14. The Morgan fingerprint density at radius 3 is 2.61 bits per heavy atom. The molecule has 4 heteroatoms. The lowest BCUT2D eigenvalue weighted by Crippen LogP contribution is -2.36. The van der Waals surface area contributed by atoms with Gasteiger partial charge in [-0.25, -0.2) is 0 Å². The van der Waals surface area contributed by atoms with Crippen LogP contribution >= 0.6 is 0 Å². The molecule has 5 aromatic rings. The van der Waals surface area contributed by atoms with E-state index in [1.54, 1.807) is 0 Å². The molecule has 0 aliphatic heterocycles. The van der Waals surface area contributed by atoms with Crippen molar-refractivity contribution in [3.8, 4) is 5.69 Å². The van der Waals surface area contributed by atoms with Crippen molar-refractivity contribution in [2.24, 2.45) is 7.05 Å². The first-order valence-corrected chi connectivity index (χ1v) is 7.79. The highest BCUT2D eigenvalue weighted by molar-refractivity contribution is 6.20. The van der Waals surface area contributed by atoms with Gasteiger partial charge in [-0.3, -0.25) is 0 Å². The number of hydrogen-bond acceptors (Lipinski definition) is 0. The molecule has 0 spiro atoms. The van der Waals surface area contributed by atoms with Gasteiger partial charge in [-0.05, 0) is 30.7 Å². The molecule has 2 aromatic carbocycles. The van der Waals surface area contributed by atoms with Gasteiger partial charge in [0.15, 0.2) is 13.2 Å². The number of aromatic nitrogens is 4. The zero-order chi connectivity index (χ0) is 15.6. The van der Waals surface area contributed by atoms with Gasteiger partial charge in [0.25, 0.3) is 0 Å². The molecule has 3 aromatic heterocycles. The number of hydrogen-bond donors (Lipinski definition) is 2. The number of aromatic amines is 2. The lowest BCUT2D eigenvalue weighted by Gasteiger charge is -2.05. The van der Waals surface area contributed by atoms with Gasteiger partial charge in [0.05, 0.1) is 6.20 Å². The first kappa shape index (κ1) is 12.5. The molecule has 0 amide bonds. The summed E-state index contributed by atoms with van der Waals surface area (Å²) in [5, 5.41) is 3.82. The molecule has 0 fully saturated rings. The highest BCUT2D eigenvalue weighted by atomic mass is 15.4. The van der Waals surface area contributed by atoms with Crippen molar-refractivity contribution < 1.29 is 4.68 Å². The molecular weight excluding hydrogens is 284 g/mol. The molecule has 0 bridgehead atoms. The second-order valence-corrected chi connectivity index (χ2v) is 6.14. The summed E-state index contributed by atoms with van der Waals surface area (Å²) in [5.74, 6) is 0.